The van der Waals surface area contributed by atoms with Crippen LogP contribution in [-0.4, -0.2) is 36.0 Å². The lowest BCUT2D eigenvalue weighted by Crippen LogP contribution is -2.43. The van der Waals surface area contributed by atoms with Gasteiger partial charge in [0.05, 0.1) is 5.41 Å². The zero-order valence-corrected chi connectivity index (χ0v) is 11.8. The third-order valence-electron chi connectivity index (χ3n) is 5.13. The molecule has 2 aliphatic carbocycles. The van der Waals surface area contributed by atoms with Crippen LogP contribution in [0.2, 0.25) is 0 Å². The molecule has 1 aromatic rings. The minimum atomic E-state index is -0.214. The van der Waals surface area contributed by atoms with Crippen LogP contribution in [0.15, 0.2) is 30.3 Å². The van der Waals surface area contributed by atoms with Crippen LogP contribution in [0.4, 0.5) is 0 Å². The Morgan fingerprint density at radius 1 is 1.15 bits per heavy atom. The van der Waals surface area contributed by atoms with Crippen LogP contribution in [0.3, 0.4) is 0 Å². The molecular formula is C17H22N2O. The van der Waals surface area contributed by atoms with Gasteiger partial charge in [0.1, 0.15) is 0 Å². The summed E-state index contributed by atoms with van der Waals surface area (Å²) in [4.78, 5) is 15.2. The lowest BCUT2D eigenvalue weighted by atomic mass is 9.94. The highest BCUT2D eigenvalue weighted by Gasteiger charge is 2.51. The van der Waals surface area contributed by atoms with Gasteiger partial charge in [-0.3, -0.25) is 9.69 Å². The Kier molecular flexibility index (Phi) is 2.84. The second-order valence-corrected chi connectivity index (χ2v) is 6.63. The van der Waals surface area contributed by atoms with Crippen LogP contribution < -0.4 is 5.32 Å². The van der Waals surface area contributed by atoms with Crippen molar-refractivity contribution in [3.63, 3.8) is 0 Å². The van der Waals surface area contributed by atoms with Crippen molar-refractivity contribution < 1.29 is 4.79 Å². The van der Waals surface area contributed by atoms with Crippen LogP contribution in [0.25, 0.3) is 0 Å². The molecule has 0 bridgehead atoms. The van der Waals surface area contributed by atoms with E-state index in [1.54, 1.807) is 0 Å². The first-order valence-corrected chi connectivity index (χ1v) is 7.88. The molecule has 1 aromatic carbocycles. The maximum atomic E-state index is 12.6. The van der Waals surface area contributed by atoms with Gasteiger partial charge in [0.15, 0.2) is 0 Å². The number of nitrogens with one attached hydrogen (secondary N) is 1. The molecule has 4 rings (SSSR count). The molecule has 1 amide bonds. The summed E-state index contributed by atoms with van der Waals surface area (Å²) >= 11 is 0. The molecule has 2 saturated carbocycles. The number of rotatable bonds is 4. The normalized spacial score (nSPS) is 28.3. The van der Waals surface area contributed by atoms with Gasteiger partial charge < -0.3 is 5.32 Å². The number of carbonyl (C=O) groups is 1. The largest absolute Gasteiger partial charge is 0.351 e. The van der Waals surface area contributed by atoms with Crippen molar-refractivity contribution in [1.82, 2.24) is 10.2 Å². The summed E-state index contributed by atoms with van der Waals surface area (Å²) in [6.45, 7) is 2.22. The van der Waals surface area contributed by atoms with Gasteiger partial charge in [-0.2, -0.15) is 0 Å². The van der Waals surface area contributed by atoms with Crippen LogP contribution >= 0.6 is 0 Å². The Morgan fingerprint density at radius 3 is 2.55 bits per heavy atom. The summed E-state index contributed by atoms with van der Waals surface area (Å²) < 4.78 is 0. The third-order valence-corrected chi connectivity index (χ3v) is 5.13. The van der Waals surface area contributed by atoms with Crippen LogP contribution in [0, 0.1) is 0 Å². The number of benzene rings is 1. The van der Waals surface area contributed by atoms with E-state index in [2.05, 4.69) is 22.3 Å². The number of hydrogen-bond acceptors (Lipinski definition) is 2. The maximum absolute atomic E-state index is 12.6. The van der Waals surface area contributed by atoms with E-state index in [0.717, 1.165) is 38.4 Å². The van der Waals surface area contributed by atoms with E-state index in [1.165, 1.54) is 18.4 Å². The van der Waals surface area contributed by atoms with Gasteiger partial charge in [0.25, 0.3) is 0 Å². The molecule has 1 saturated heterocycles. The third kappa shape index (κ3) is 2.14. The van der Waals surface area contributed by atoms with Gasteiger partial charge in [-0.05, 0) is 37.7 Å². The van der Waals surface area contributed by atoms with Crippen molar-refractivity contribution in [2.45, 2.75) is 49.6 Å². The van der Waals surface area contributed by atoms with E-state index < -0.39 is 0 Å². The maximum Gasteiger partial charge on any atom is 0.230 e. The summed E-state index contributed by atoms with van der Waals surface area (Å²) in [6.07, 6.45) is 5.83. The van der Waals surface area contributed by atoms with Crippen molar-refractivity contribution in [1.29, 1.82) is 0 Å². The van der Waals surface area contributed by atoms with E-state index in [1.807, 2.05) is 18.2 Å². The first-order valence-electron chi connectivity index (χ1n) is 7.88. The molecule has 0 unspecified atom stereocenters. The summed E-state index contributed by atoms with van der Waals surface area (Å²) in [5, 5.41) is 3.31. The van der Waals surface area contributed by atoms with Crippen molar-refractivity contribution in [3.8, 4) is 0 Å². The fraction of sp³-hybridized carbons (Fsp3) is 0.588. The summed E-state index contributed by atoms with van der Waals surface area (Å²) in [6, 6.07) is 11.5. The summed E-state index contributed by atoms with van der Waals surface area (Å²) in [5.41, 5.74) is 0.975. The van der Waals surface area contributed by atoms with Crippen molar-refractivity contribution in [2.24, 2.45) is 0 Å². The Bertz CT molecular complexity index is 505. The number of hydrogen-bond donors (Lipinski definition) is 1. The van der Waals surface area contributed by atoms with E-state index in [-0.39, 0.29) is 11.3 Å². The van der Waals surface area contributed by atoms with E-state index in [0.29, 0.717) is 6.04 Å². The highest BCUT2D eigenvalue weighted by atomic mass is 16.2. The number of nitrogens with zero attached hydrogens (tertiary/aromatic N) is 1. The number of amides is 1. The molecule has 1 heterocycles. The SMILES string of the molecule is O=C(N[C@H]1CCN(C2CC2)C1)C1(c2ccccc2)CC1. The highest BCUT2D eigenvalue weighted by Crippen LogP contribution is 2.48. The van der Waals surface area contributed by atoms with E-state index in [4.69, 9.17) is 0 Å². The minimum absolute atomic E-state index is 0.214. The molecule has 3 heteroatoms. The molecule has 0 aromatic heterocycles. The molecule has 106 valence electrons. The quantitative estimate of drug-likeness (QED) is 0.908. The molecule has 3 nitrogen and oxygen atoms in total. The van der Waals surface area contributed by atoms with Crippen molar-refractivity contribution in [3.05, 3.63) is 35.9 Å². The molecule has 0 spiro atoms. The number of likely N-dealkylation sites (tertiary alicyclic amines) is 1. The summed E-state index contributed by atoms with van der Waals surface area (Å²) in [7, 11) is 0. The predicted molar refractivity (Wildman–Crippen MR) is 78.5 cm³/mol. The smallest absolute Gasteiger partial charge is 0.230 e. The van der Waals surface area contributed by atoms with Gasteiger partial charge in [0.2, 0.25) is 5.91 Å². The van der Waals surface area contributed by atoms with Gasteiger partial charge in [-0.15, -0.1) is 0 Å². The monoisotopic (exact) mass is 270 g/mol. The minimum Gasteiger partial charge on any atom is -0.351 e. The fourth-order valence-electron chi connectivity index (χ4n) is 3.53. The second-order valence-electron chi connectivity index (χ2n) is 6.63. The van der Waals surface area contributed by atoms with E-state index >= 15 is 0 Å². The van der Waals surface area contributed by atoms with Crippen LogP contribution in [0.1, 0.15) is 37.7 Å². The molecular weight excluding hydrogens is 248 g/mol. The first kappa shape index (κ1) is 12.4. The number of carbonyl (C=O) groups excluding carboxylic acids is 1. The zero-order chi connectivity index (χ0) is 13.6. The second kappa shape index (κ2) is 4.59. The fourth-order valence-corrected chi connectivity index (χ4v) is 3.53. The highest BCUT2D eigenvalue weighted by molar-refractivity contribution is 5.91. The van der Waals surface area contributed by atoms with Crippen molar-refractivity contribution >= 4 is 5.91 Å². The molecule has 1 N–H and O–H groups in total. The average molecular weight is 270 g/mol. The first-order chi connectivity index (χ1) is 9.78. The average Bonchev–Trinajstić information content (AvgIpc) is 3.39. The van der Waals surface area contributed by atoms with Crippen molar-refractivity contribution in [2.75, 3.05) is 13.1 Å². The molecule has 3 fully saturated rings. The Balaban J connectivity index is 1.41. The molecule has 0 radical (unpaired) electrons. The standard InChI is InChI=1S/C17H22N2O/c20-16(17(9-10-17)13-4-2-1-3-5-13)18-14-8-11-19(12-14)15-6-7-15/h1-5,14-15H,6-12H2,(H,18,20)/t14-/m0/s1. The Labute approximate surface area is 120 Å². The molecule has 20 heavy (non-hydrogen) atoms. The topological polar surface area (TPSA) is 32.3 Å². The Hall–Kier alpha value is -1.35. The van der Waals surface area contributed by atoms with Gasteiger partial charge in [-0.1, -0.05) is 30.3 Å². The molecule has 1 atom stereocenters. The molecule has 3 aliphatic rings. The van der Waals surface area contributed by atoms with E-state index in [9.17, 15) is 4.79 Å². The summed E-state index contributed by atoms with van der Waals surface area (Å²) in [5.74, 6) is 0.256. The van der Waals surface area contributed by atoms with Gasteiger partial charge in [0, 0.05) is 25.2 Å². The molecule has 1 aliphatic heterocycles. The van der Waals surface area contributed by atoms with Crippen LogP contribution in [0.5, 0.6) is 0 Å². The lowest BCUT2D eigenvalue weighted by molar-refractivity contribution is -0.124. The Morgan fingerprint density at radius 2 is 1.90 bits per heavy atom. The lowest BCUT2D eigenvalue weighted by Gasteiger charge is -2.20. The van der Waals surface area contributed by atoms with Crippen LogP contribution in [-0.2, 0) is 10.2 Å². The zero-order valence-electron chi connectivity index (χ0n) is 11.8. The predicted octanol–water partition coefficient (Wildman–Crippen LogP) is 2.07. The van der Waals surface area contributed by atoms with Gasteiger partial charge in [-0.25, -0.2) is 0 Å². The van der Waals surface area contributed by atoms with Gasteiger partial charge >= 0.3 is 0 Å².